The molecule has 140 valence electrons. The highest BCUT2D eigenvalue weighted by atomic mass is 35.5. The predicted octanol–water partition coefficient (Wildman–Crippen LogP) is 4.73. The number of benzene rings is 2. The van der Waals surface area contributed by atoms with Crippen molar-refractivity contribution in [3.63, 3.8) is 0 Å². The van der Waals surface area contributed by atoms with Gasteiger partial charge < -0.3 is 4.74 Å². The Morgan fingerprint density at radius 1 is 1.04 bits per heavy atom. The molecule has 0 radical (unpaired) electrons. The summed E-state index contributed by atoms with van der Waals surface area (Å²) in [5, 5.41) is 0.511. The lowest BCUT2D eigenvalue weighted by Gasteiger charge is -2.32. The second-order valence-corrected chi connectivity index (χ2v) is 9.33. The van der Waals surface area contributed by atoms with Crippen LogP contribution in [0, 0.1) is 0 Å². The van der Waals surface area contributed by atoms with Gasteiger partial charge in [0, 0.05) is 9.92 Å². The average molecular weight is 412 g/mol. The minimum absolute atomic E-state index is 0.175. The molecule has 0 bridgehead atoms. The number of sulfonamides is 1. The van der Waals surface area contributed by atoms with Gasteiger partial charge in [-0.2, -0.15) is 0 Å². The van der Waals surface area contributed by atoms with E-state index in [9.17, 15) is 8.42 Å². The van der Waals surface area contributed by atoms with Crippen LogP contribution in [0.4, 0.5) is 0 Å². The number of hydrogen-bond donors (Lipinski definition) is 1. The number of ether oxygens (including phenoxy) is 1. The van der Waals surface area contributed by atoms with Gasteiger partial charge in [-0.15, -0.1) is 11.8 Å². The molecule has 0 aliphatic heterocycles. The Labute approximate surface area is 164 Å². The van der Waals surface area contributed by atoms with E-state index in [1.54, 1.807) is 23.9 Å². The van der Waals surface area contributed by atoms with Gasteiger partial charge in [-0.25, -0.2) is 13.1 Å². The van der Waals surface area contributed by atoms with Gasteiger partial charge in [-0.05, 0) is 74.0 Å². The van der Waals surface area contributed by atoms with Crippen molar-refractivity contribution in [3.8, 4) is 5.75 Å². The minimum atomic E-state index is -3.60. The average Bonchev–Trinajstić information content (AvgIpc) is 2.64. The standard InChI is InChI=1S/C19H22ClNO3S2/c1-25-16-10-8-15(9-11-16)24-19-5-3-2-4-18(19)21-26(22,23)17-12-6-14(20)7-13-17/h6-13,18-19,21H,2-5H2,1H3/t18-,19-/m1/s1. The van der Waals surface area contributed by atoms with Crippen LogP contribution in [-0.2, 0) is 10.0 Å². The molecular formula is C19H22ClNO3S2. The van der Waals surface area contributed by atoms with E-state index in [2.05, 4.69) is 4.72 Å². The van der Waals surface area contributed by atoms with Gasteiger partial charge >= 0.3 is 0 Å². The molecule has 1 aliphatic rings. The fraction of sp³-hybridized carbons (Fsp3) is 0.368. The normalized spacial score (nSPS) is 20.7. The molecule has 26 heavy (non-hydrogen) atoms. The molecule has 0 spiro atoms. The zero-order valence-corrected chi connectivity index (χ0v) is 16.9. The third-order valence-electron chi connectivity index (χ3n) is 4.48. The topological polar surface area (TPSA) is 55.4 Å². The zero-order valence-electron chi connectivity index (χ0n) is 14.5. The van der Waals surface area contributed by atoms with Crippen molar-refractivity contribution in [2.75, 3.05) is 6.26 Å². The van der Waals surface area contributed by atoms with Crippen LogP contribution in [0.5, 0.6) is 5.75 Å². The van der Waals surface area contributed by atoms with Crippen molar-refractivity contribution in [1.82, 2.24) is 4.72 Å². The summed E-state index contributed by atoms with van der Waals surface area (Å²) in [4.78, 5) is 1.39. The van der Waals surface area contributed by atoms with E-state index in [0.29, 0.717) is 5.02 Å². The van der Waals surface area contributed by atoms with Crippen LogP contribution in [0.25, 0.3) is 0 Å². The predicted molar refractivity (Wildman–Crippen MR) is 107 cm³/mol. The summed E-state index contributed by atoms with van der Waals surface area (Å²) in [6.07, 6.45) is 5.47. The molecule has 1 N–H and O–H groups in total. The van der Waals surface area contributed by atoms with Crippen LogP contribution in [0.3, 0.4) is 0 Å². The van der Waals surface area contributed by atoms with Gasteiger partial charge in [-0.3, -0.25) is 0 Å². The first kappa shape index (κ1) is 19.5. The summed E-state index contributed by atoms with van der Waals surface area (Å²) >= 11 is 7.53. The third-order valence-corrected chi connectivity index (χ3v) is 6.98. The van der Waals surface area contributed by atoms with Crippen LogP contribution in [0.2, 0.25) is 5.02 Å². The summed E-state index contributed by atoms with van der Waals surface area (Å²) in [5.74, 6) is 0.769. The van der Waals surface area contributed by atoms with E-state index < -0.39 is 10.0 Å². The number of rotatable bonds is 6. The molecule has 0 saturated heterocycles. The highest BCUT2D eigenvalue weighted by Gasteiger charge is 2.31. The van der Waals surface area contributed by atoms with Gasteiger partial charge in [0.15, 0.2) is 0 Å². The Balaban J connectivity index is 1.72. The Kier molecular flexibility index (Phi) is 6.51. The van der Waals surface area contributed by atoms with Crippen molar-refractivity contribution >= 4 is 33.4 Å². The Morgan fingerprint density at radius 3 is 2.35 bits per heavy atom. The number of hydrogen-bond acceptors (Lipinski definition) is 4. The molecule has 1 aliphatic carbocycles. The summed E-state index contributed by atoms with van der Waals surface area (Å²) < 4.78 is 34.3. The number of nitrogens with one attached hydrogen (secondary N) is 1. The first-order valence-corrected chi connectivity index (χ1v) is 11.6. The van der Waals surface area contributed by atoms with Crippen molar-refractivity contribution in [1.29, 1.82) is 0 Å². The molecule has 2 aromatic carbocycles. The molecule has 0 amide bonds. The molecule has 1 fully saturated rings. The maximum absolute atomic E-state index is 12.7. The van der Waals surface area contributed by atoms with Gasteiger partial charge in [0.05, 0.1) is 10.9 Å². The SMILES string of the molecule is CSc1ccc(O[C@@H]2CCCC[C@H]2NS(=O)(=O)c2ccc(Cl)cc2)cc1. The first-order valence-electron chi connectivity index (χ1n) is 8.56. The van der Waals surface area contributed by atoms with E-state index in [1.807, 2.05) is 30.5 Å². The van der Waals surface area contributed by atoms with E-state index in [1.165, 1.54) is 17.0 Å². The van der Waals surface area contributed by atoms with Crippen LogP contribution in [0.1, 0.15) is 25.7 Å². The van der Waals surface area contributed by atoms with Crippen LogP contribution < -0.4 is 9.46 Å². The molecule has 2 aromatic rings. The molecule has 3 rings (SSSR count). The van der Waals surface area contributed by atoms with Crippen molar-refractivity contribution in [2.24, 2.45) is 0 Å². The first-order chi connectivity index (χ1) is 12.5. The van der Waals surface area contributed by atoms with E-state index in [0.717, 1.165) is 31.4 Å². The number of halogens is 1. The van der Waals surface area contributed by atoms with Crippen LogP contribution in [0.15, 0.2) is 58.3 Å². The zero-order chi connectivity index (χ0) is 18.6. The Bertz CT molecular complexity index is 823. The smallest absolute Gasteiger partial charge is 0.240 e. The molecule has 4 nitrogen and oxygen atoms in total. The molecule has 0 heterocycles. The van der Waals surface area contributed by atoms with Crippen LogP contribution >= 0.6 is 23.4 Å². The highest BCUT2D eigenvalue weighted by Crippen LogP contribution is 2.27. The Hall–Kier alpha value is -1.21. The molecule has 0 aromatic heterocycles. The summed E-state index contributed by atoms with van der Waals surface area (Å²) in [6, 6.07) is 13.8. The summed E-state index contributed by atoms with van der Waals surface area (Å²) in [5.41, 5.74) is 0. The quantitative estimate of drug-likeness (QED) is 0.698. The summed E-state index contributed by atoms with van der Waals surface area (Å²) in [7, 11) is -3.60. The summed E-state index contributed by atoms with van der Waals surface area (Å²) in [6.45, 7) is 0. The minimum Gasteiger partial charge on any atom is -0.489 e. The lowest BCUT2D eigenvalue weighted by molar-refractivity contribution is 0.125. The largest absolute Gasteiger partial charge is 0.489 e. The second kappa shape index (κ2) is 8.65. The molecule has 0 unspecified atom stereocenters. The van der Waals surface area contributed by atoms with E-state index in [4.69, 9.17) is 16.3 Å². The third kappa shape index (κ3) is 4.94. The number of thioether (sulfide) groups is 1. The van der Waals surface area contributed by atoms with Gasteiger partial charge in [0.1, 0.15) is 11.9 Å². The maximum Gasteiger partial charge on any atom is 0.240 e. The van der Waals surface area contributed by atoms with Crippen molar-refractivity contribution in [2.45, 2.75) is 47.6 Å². The van der Waals surface area contributed by atoms with Gasteiger partial charge in [-0.1, -0.05) is 18.0 Å². The van der Waals surface area contributed by atoms with Gasteiger partial charge in [0.25, 0.3) is 0 Å². The lowest BCUT2D eigenvalue weighted by Crippen LogP contribution is -2.47. The van der Waals surface area contributed by atoms with Crippen molar-refractivity contribution in [3.05, 3.63) is 53.6 Å². The monoisotopic (exact) mass is 411 g/mol. The lowest BCUT2D eigenvalue weighted by atomic mass is 9.93. The highest BCUT2D eigenvalue weighted by molar-refractivity contribution is 7.98. The van der Waals surface area contributed by atoms with E-state index in [-0.39, 0.29) is 17.0 Å². The fourth-order valence-electron chi connectivity index (χ4n) is 3.08. The maximum atomic E-state index is 12.7. The van der Waals surface area contributed by atoms with E-state index >= 15 is 0 Å². The van der Waals surface area contributed by atoms with Gasteiger partial charge in [0.2, 0.25) is 10.0 Å². The fourth-order valence-corrected chi connectivity index (χ4v) is 4.92. The van der Waals surface area contributed by atoms with Crippen LogP contribution in [-0.4, -0.2) is 26.8 Å². The molecule has 2 atom stereocenters. The van der Waals surface area contributed by atoms with Crippen molar-refractivity contribution < 1.29 is 13.2 Å². The Morgan fingerprint density at radius 2 is 1.69 bits per heavy atom. The second-order valence-electron chi connectivity index (χ2n) is 6.30. The molecular weight excluding hydrogens is 390 g/mol. The molecule has 7 heteroatoms. The molecule has 1 saturated carbocycles.